The molecule has 7 nitrogen and oxygen atoms in total. The van der Waals surface area contributed by atoms with Crippen LogP contribution < -0.4 is 14.4 Å². The highest BCUT2D eigenvalue weighted by atomic mass is 16.6. The number of hydrogen-bond acceptors (Lipinski definition) is 5. The molecule has 0 spiro atoms. The van der Waals surface area contributed by atoms with Crippen LogP contribution in [0.5, 0.6) is 11.5 Å². The van der Waals surface area contributed by atoms with E-state index in [0.717, 1.165) is 24.8 Å². The van der Waals surface area contributed by atoms with Crippen LogP contribution in [0.1, 0.15) is 51.0 Å². The zero-order chi connectivity index (χ0) is 24.8. The summed E-state index contributed by atoms with van der Waals surface area (Å²) in [6.07, 6.45) is 2.49. The number of aryl methyl sites for hydroxylation is 1. The molecule has 3 aromatic rings. The summed E-state index contributed by atoms with van der Waals surface area (Å²) in [6.45, 7) is 1.03. The first-order valence-corrected chi connectivity index (χ1v) is 12.3. The van der Waals surface area contributed by atoms with E-state index in [0.29, 0.717) is 47.1 Å². The molecule has 0 saturated carbocycles. The third kappa shape index (κ3) is 3.71. The summed E-state index contributed by atoms with van der Waals surface area (Å²) in [5.74, 6) is -0.784. The van der Waals surface area contributed by atoms with Crippen molar-refractivity contribution in [1.82, 2.24) is 0 Å². The Morgan fingerprint density at radius 3 is 2.58 bits per heavy atom. The molecule has 2 N–H and O–H groups in total. The lowest BCUT2D eigenvalue weighted by Crippen LogP contribution is -2.45. The molecule has 3 aliphatic rings. The molecule has 0 saturated heterocycles. The fourth-order valence-electron chi connectivity index (χ4n) is 5.79. The van der Waals surface area contributed by atoms with Crippen molar-refractivity contribution in [2.45, 2.75) is 31.2 Å². The largest absolute Gasteiger partial charge is 0.486 e. The topological polar surface area (TPSA) is 96.3 Å². The van der Waals surface area contributed by atoms with Crippen molar-refractivity contribution >= 4 is 17.6 Å². The number of hydrogen-bond donors (Lipinski definition) is 2. The van der Waals surface area contributed by atoms with Gasteiger partial charge < -0.3 is 19.7 Å². The average molecular weight is 486 g/mol. The smallest absolute Gasteiger partial charge is 0.313 e. The van der Waals surface area contributed by atoms with E-state index >= 15 is 0 Å². The van der Waals surface area contributed by atoms with Crippen molar-refractivity contribution in [1.29, 1.82) is 0 Å². The fraction of sp³-hybridized carbons (Fsp3) is 0.310. The number of rotatable bonds is 4. The van der Waals surface area contributed by atoms with E-state index in [9.17, 15) is 19.8 Å². The molecule has 36 heavy (non-hydrogen) atoms. The van der Waals surface area contributed by atoms with Gasteiger partial charge in [-0.15, -0.1) is 0 Å². The highest BCUT2D eigenvalue weighted by Gasteiger charge is 2.45. The second kappa shape index (κ2) is 8.99. The normalized spacial score (nSPS) is 22.5. The van der Waals surface area contributed by atoms with Crippen molar-refractivity contribution in [3.8, 4) is 11.5 Å². The minimum absolute atomic E-state index is 0.162. The summed E-state index contributed by atoms with van der Waals surface area (Å²) < 4.78 is 11.5. The molecule has 7 heteroatoms. The van der Waals surface area contributed by atoms with Crippen LogP contribution in [-0.2, 0) is 17.6 Å². The molecule has 3 aromatic carbocycles. The predicted octanol–water partition coefficient (Wildman–Crippen LogP) is 4.12. The summed E-state index contributed by atoms with van der Waals surface area (Å²) >= 11 is 0. The van der Waals surface area contributed by atoms with Crippen LogP contribution in [-0.4, -0.2) is 41.9 Å². The SMILES string of the molecule is O=C(O)[C@H]1c2ccccc2C(=O)N(c2ccc3c(c2)CC[C@@H](CO)C3)[C@@H]1c1ccc2c(c1)OCCO2. The van der Waals surface area contributed by atoms with Crippen LogP contribution in [0.4, 0.5) is 5.69 Å². The number of aliphatic hydroxyl groups is 1. The zero-order valence-electron chi connectivity index (χ0n) is 19.7. The van der Waals surface area contributed by atoms with Crippen molar-refractivity contribution < 1.29 is 29.3 Å². The number of fused-ring (bicyclic) bond motifs is 3. The second-order valence-electron chi connectivity index (χ2n) is 9.67. The molecule has 2 aliphatic heterocycles. The maximum Gasteiger partial charge on any atom is 0.313 e. The third-order valence-corrected chi connectivity index (χ3v) is 7.57. The lowest BCUT2D eigenvalue weighted by Gasteiger charge is -2.41. The lowest BCUT2D eigenvalue weighted by atomic mass is 9.79. The molecule has 6 rings (SSSR count). The quantitative estimate of drug-likeness (QED) is 0.577. The van der Waals surface area contributed by atoms with Gasteiger partial charge in [0.25, 0.3) is 5.91 Å². The summed E-state index contributed by atoms with van der Waals surface area (Å²) in [7, 11) is 0. The van der Waals surface area contributed by atoms with Gasteiger partial charge in [0.15, 0.2) is 11.5 Å². The van der Waals surface area contributed by atoms with Gasteiger partial charge in [0, 0.05) is 17.9 Å². The minimum Gasteiger partial charge on any atom is -0.486 e. The van der Waals surface area contributed by atoms with Crippen molar-refractivity contribution in [2.24, 2.45) is 5.92 Å². The molecule has 0 bridgehead atoms. The highest BCUT2D eigenvalue weighted by Crippen LogP contribution is 2.47. The zero-order valence-corrected chi connectivity index (χ0v) is 19.7. The Hall–Kier alpha value is -3.84. The number of carboxylic acid groups (broad SMARTS) is 1. The lowest BCUT2D eigenvalue weighted by molar-refractivity contribution is -0.139. The van der Waals surface area contributed by atoms with Gasteiger partial charge in [-0.05, 0) is 77.8 Å². The molecule has 184 valence electrons. The molecular formula is C29H27NO6. The summed E-state index contributed by atoms with van der Waals surface area (Å²) in [5, 5.41) is 20.0. The van der Waals surface area contributed by atoms with E-state index in [-0.39, 0.29) is 18.4 Å². The van der Waals surface area contributed by atoms with Gasteiger partial charge in [-0.3, -0.25) is 14.5 Å². The third-order valence-electron chi connectivity index (χ3n) is 7.57. The molecule has 0 fully saturated rings. The molecule has 1 aliphatic carbocycles. The number of aliphatic carboxylic acids is 1. The molecule has 3 atom stereocenters. The van der Waals surface area contributed by atoms with Gasteiger partial charge in [-0.25, -0.2) is 0 Å². The monoisotopic (exact) mass is 485 g/mol. The number of carbonyl (C=O) groups is 2. The number of ether oxygens (including phenoxy) is 2. The minimum atomic E-state index is -0.997. The summed E-state index contributed by atoms with van der Waals surface area (Å²) in [6, 6.07) is 17.5. The number of anilines is 1. The van der Waals surface area contributed by atoms with Crippen molar-refractivity contribution in [3.63, 3.8) is 0 Å². The number of benzene rings is 3. The predicted molar refractivity (Wildman–Crippen MR) is 133 cm³/mol. The van der Waals surface area contributed by atoms with Gasteiger partial charge in [0.1, 0.15) is 19.1 Å². The molecule has 1 amide bonds. The Morgan fingerprint density at radius 2 is 1.78 bits per heavy atom. The average Bonchev–Trinajstić information content (AvgIpc) is 2.92. The van der Waals surface area contributed by atoms with Gasteiger partial charge in [-0.2, -0.15) is 0 Å². The van der Waals surface area contributed by atoms with E-state index < -0.39 is 17.9 Å². The first kappa shape index (κ1) is 22.6. The van der Waals surface area contributed by atoms with Crippen LogP contribution in [0, 0.1) is 5.92 Å². The van der Waals surface area contributed by atoms with E-state index in [1.807, 2.05) is 24.3 Å². The summed E-state index contributed by atoms with van der Waals surface area (Å²) in [4.78, 5) is 28.4. The fourth-order valence-corrected chi connectivity index (χ4v) is 5.79. The molecule has 0 unspecified atom stereocenters. The molecular weight excluding hydrogens is 458 g/mol. The van der Waals surface area contributed by atoms with Crippen LogP contribution in [0.3, 0.4) is 0 Å². The highest BCUT2D eigenvalue weighted by molar-refractivity contribution is 6.11. The molecule has 0 radical (unpaired) electrons. The van der Waals surface area contributed by atoms with Crippen LogP contribution in [0.15, 0.2) is 60.7 Å². The van der Waals surface area contributed by atoms with Crippen LogP contribution in [0.2, 0.25) is 0 Å². The number of nitrogens with zero attached hydrogens (tertiary/aromatic N) is 1. The van der Waals surface area contributed by atoms with E-state index in [1.165, 1.54) is 5.56 Å². The standard InChI is InChI=1S/C29H27NO6/c31-16-17-5-6-19-14-21(9-7-18(19)13-17)30-27(20-8-10-24-25(15-20)36-12-11-35-24)26(29(33)34)22-3-1-2-4-23(22)28(30)32/h1-4,7-10,14-15,17,26-27,31H,5-6,11-13,16H2,(H,33,34)/t17-,26+,27-/m1/s1. The van der Waals surface area contributed by atoms with Gasteiger partial charge in [0.05, 0.1) is 6.04 Å². The first-order chi connectivity index (χ1) is 17.5. The van der Waals surface area contributed by atoms with Crippen molar-refractivity contribution in [2.75, 3.05) is 24.7 Å². The maximum absolute atomic E-state index is 14.0. The Morgan fingerprint density at radius 1 is 0.972 bits per heavy atom. The molecule has 2 heterocycles. The van der Waals surface area contributed by atoms with Crippen LogP contribution >= 0.6 is 0 Å². The first-order valence-electron chi connectivity index (χ1n) is 12.3. The van der Waals surface area contributed by atoms with Gasteiger partial charge >= 0.3 is 5.97 Å². The number of amides is 1. The molecule has 0 aromatic heterocycles. The number of carboxylic acids is 1. The number of carbonyl (C=O) groups excluding carboxylic acids is 1. The Balaban J connectivity index is 1.51. The Labute approximate surface area is 208 Å². The van der Waals surface area contributed by atoms with Gasteiger partial charge in [0.2, 0.25) is 0 Å². The second-order valence-corrected chi connectivity index (χ2v) is 9.67. The van der Waals surface area contributed by atoms with E-state index in [4.69, 9.17) is 9.47 Å². The maximum atomic E-state index is 14.0. The van der Waals surface area contributed by atoms with E-state index in [1.54, 1.807) is 41.3 Å². The van der Waals surface area contributed by atoms with Gasteiger partial charge in [-0.1, -0.05) is 30.3 Å². The Bertz CT molecular complexity index is 1350. The van der Waals surface area contributed by atoms with Crippen molar-refractivity contribution in [3.05, 3.63) is 88.5 Å². The summed E-state index contributed by atoms with van der Waals surface area (Å²) in [5.41, 5.74) is 4.55. The number of aliphatic hydroxyl groups excluding tert-OH is 1. The Kier molecular flexibility index (Phi) is 5.64. The van der Waals surface area contributed by atoms with E-state index in [2.05, 4.69) is 0 Å². The van der Waals surface area contributed by atoms with Crippen LogP contribution in [0.25, 0.3) is 0 Å².